The Labute approximate surface area is 142 Å². The fourth-order valence-electron chi connectivity index (χ4n) is 2.39. The Hall–Kier alpha value is -2.76. The number of hydrogen-bond donors (Lipinski definition) is 3. The SMILES string of the molecule is O=C1CNC(c2ccc(N3C=CC(C(F)(F)F)N3)c(C(F)(F)F)c2)=NN1. The van der Waals surface area contributed by atoms with Crippen LogP contribution in [0.15, 0.2) is 35.6 Å². The van der Waals surface area contributed by atoms with Gasteiger partial charge >= 0.3 is 12.4 Å². The molecule has 3 rings (SSSR count). The van der Waals surface area contributed by atoms with Crippen molar-refractivity contribution in [2.75, 3.05) is 11.6 Å². The number of amides is 1. The zero-order chi connectivity index (χ0) is 19.1. The van der Waals surface area contributed by atoms with Gasteiger partial charge in [-0.3, -0.25) is 9.80 Å². The first-order valence-corrected chi connectivity index (χ1v) is 7.18. The highest BCUT2D eigenvalue weighted by atomic mass is 19.4. The largest absolute Gasteiger partial charge is 0.418 e. The molecule has 0 radical (unpaired) electrons. The van der Waals surface area contributed by atoms with Gasteiger partial charge in [0, 0.05) is 11.8 Å². The summed E-state index contributed by atoms with van der Waals surface area (Å²) in [6.45, 7) is -0.161. The smallest absolute Gasteiger partial charge is 0.359 e. The number of halogens is 6. The van der Waals surface area contributed by atoms with Gasteiger partial charge in [0.1, 0.15) is 6.04 Å². The number of benzene rings is 1. The summed E-state index contributed by atoms with van der Waals surface area (Å²) in [6, 6.07) is 0.941. The minimum atomic E-state index is -4.82. The number of amidine groups is 1. The van der Waals surface area contributed by atoms with Crippen molar-refractivity contribution in [3.05, 3.63) is 41.6 Å². The monoisotopic (exact) mass is 379 g/mol. The molecule has 1 aromatic rings. The fraction of sp³-hybridized carbons (Fsp3) is 0.286. The van der Waals surface area contributed by atoms with E-state index in [4.69, 9.17) is 0 Å². The van der Waals surface area contributed by atoms with Gasteiger partial charge in [-0.05, 0) is 24.3 Å². The number of carbonyl (C=O) groups excluding carboxylic acids is 1. The molecule has 0 saturated carbocycles. The number of alkyl halides is 6. The predicted molar refractivity (Wildman–Crippen MR) is 78.7 cm³/mol. The lowest BCUT2D eigenvalue weighted by molar-refractivity contribution is -0.143. The van der Waals surface area contributed by atoms with Crippen LogP contribution in [0.2, 0.25) is 0 Å². The highest BCUT2D eigenvalue weighted by Crippen LogP contribution is 2.38. The first-order valence-electron chi connectivity index (χ1n) is 7.18. The molecule has 0 bridgehead atoms. The maximum absolute atomic E-state index is 13.4. The summed E-state index contributed by atoms with van der Waals surface area (Å²) in [5.41, 5.74) is 2.46. The Morgan fingerprint density at radius 2 is 1.88 bits per heavy atom. The average molecular weight is 379 g/mol. The van der Waals surface area contributed by atoms with Gasteiger partial charge in [-0.15, -0.1) is 0 Å². The van der Waals surface area contributed by atoms with Gasteiger partial charge in [-0.1, -0.05) is 0 Å². The normalized spacial score (nSPS) is 20.7. The third-order valence-corrected chi connectivity index (χ3v) is 3.60. The van der Waals surface area contributed by atoms with E-state index in [1.54, 1.807) is 0 Å². The lowest BCUT2D eigenvalue weighted by atomic mass is 10.1. The molecule has 2 aliphatic rings. The van der Waals surface area contributed by atoms with Crippen LogP contribution in [-0.4, -0.2) is 30.5 Å². The van der Waals surface area contributed by atoms with Crippen LogP contribution >= 0.6 is 0 Å². The van der Waals surface area contributed by atoms with Crippen LogP contribution in [0.4, 0.5) is 32.0 Å². The van der Waals surface area contributed by atoms with E-state index in [9.17, 15) is 31.1 Å². The summed E-state index contributed by atoms with van der Waals surface area (Å²) in [6.07, 6.45) is -7.85. The Morgan fingerprint density at radius 1 is 1.15 bits per heavy atom. The molecule has 2 aliphatic heterocycles. The molecule has 26 heavy (non-hydrogen) atoms. The highest BCUT2D eigenvalue weighted by molar-refractivity contribution is 6.03. The second-order valence-corrected chi connectivity index (χ2v) is 5.44. The summed E-state index contributed by atoms with van der Waals surface area (Å²) in [5.74, 6) is -0.439. The van der Waals surface area contributed by atoms with Crippen LogP contribution in [-0.2, 0) is 11.0 Å². The molecule has 3 N–H and O–H groups in total. The Bertz CT molecular complexity index is 785. The first-order chi connectivity index (χ1) is 12.1. The van der Waals surface area contributed by atoms with Gasteiger partial charge in [0.25, 0.3) is 5.91 Å². The van der Waals surface area contributed by atoms with Gasteiger partial charge in [-0.25, -0.2) is 10.9 Å². The zero-order valence-corrected chi connectivity index (χ0v) is 12.7. The molecule has 6 nitrogen and oxygen atoms in total. The van der Waals surface area contributed by atoms with E-state index >= 15 is 0 Å². The number of carbonyl (C=O) groups is 1. The average Bonchev–Trinajstić information content (AvgIpc) is 3.04. The predicted octanol–water partition coefficient (Wildman–Crippen LogP) is 1.86. The van der Waals surface area contributed by atoms with Crippen molar-refractivity contribution in [1.82, 2.24) is 16.2 Å². The number of hydrogen-bond acceptors (Lipinski definition) is 5. The third kappa shape index (κ3) is 3.59. The number of nitrogens with zero attached hydrogens (tertiary/aromatic N) is 2. The van der Waals surface area contributed by atoms with Crippen molar-refractivity contribution in [1.29, 1.82) is 0 Å². The van der Waals surface area contributed by atoms with Gasteiger partial charge < -0.3 is 5.32 Å². The maximum Gasteiger partial charge on any atom is 0.418 e. The van der Waals surface area contributed by atoms with Crippen molar-refractivity contribution in [3.63, 3.8) is 0 Å². The quantitative estimate of drug-likeness (QED) is 0.687. The van der Waals surface area contributed by atoms with E-state index in [1.165, 1.54) is 6.07 Å². The first kappa shape index (κ1) is 18.0. The summed E-state index contributed by atoms with van der Waals surface area (Å²) >= 11 is 0. The molecular weight excluding hydrogens is 368 g/mol. The topological polar surface area (TPSA) is 68.8 Å². The van der Waals surface area contributed by atoms with E-state index in [-0.39, 0.29) is 17.9 Å². The molecule has 140 valence electrons. The molecule has 12 heteroatoms. The van der Waals surface area contributed by atoms with Gasteiger partial charge in [0.15, 0.2) is 5.84 Å². The molecule has 2 heterocycles. The Balaban J connectivity index is 1.94. The van der Waals surface area contributed by atoms with E-state index in [0.29, 0.717) is 5.01 Å². The minimum absolute atomic E-state index is 0.0136. The van der Waals surface area contributed by atoms with Crippen LogP contribution in [0.25, 0.3) is 0 Å². The highest BCUT2D eigenvalue weighted by Gasteiger charge is 2.43. The molecule has 0 fully saturated rings. The van der Waals surface area contributed by atoms with Crippen LogP contribution < -0.4 is 21.2 Å². The van der Waals surface area contributed by atoms with Crippen molar-refractivity contribution in [3.8, 4) is 0 Å². The van der Waals surface area contributed by atoms with Crippen molar-refractivity contribution in [2.24, 2.45) is 5.10 Å². The van der Waals surface area contributed by atoms with Crippen molar-refractivity contribution < 1.29 is 31.1 Å². The summed E-state index contributed by atoms with van der Waals surface area (Å²) in [5, 5.41) is 6.85. The zero-order valence-electron chi connectivity index (χ0n) is 12.7. The molecule has 1 aromatic carbocycles. The van der Waals surface area contributed by atoms with Gasteiger partial charge in [0.05, 0.1) is 17.8 Å². The number of hydrazine groups is 1. The second kappa shape index (κ2) is 6.20. The molecular formula is C14H11F6N5O. The molecule has 1 unspecified atom stereocenters. The third-order valence-electron chi connectivity index (χ3n) is 3.60. The van der Waals surface area contributed by atoms with Gasteiger partial charge in [-0.2, -0.15) is 31.4 Å². The Kier molecular flexibility index (Phi) is 4.30. The molecule has 0 aliphatic carbocycles. The van der Waals surface area contributed by atoms with Crippen LogP contribution in [0.3, 0.4) is 0 Å². The maximum atomic E-state index is 13.4. The number of nitrogens with one attached hydrogen (secondary N) is 3. The van der Waals surface area contributed by atoms with Crippen molar-refractivity contribution >= 4 is 17.4 Å². The number of anilines is 1. The molecule has 1 amide bonds. The van der Waals surface area contributed by atoms with Crippen LogP contribution in [0.5, 0.6) is 0 Å². The Morgan fingerprint density at radius 3 is 2.42 bits per heavy atom. The molecule has 0 saturated heterocycles. The van der Waals surface area contributed by atoms with Gasteiger partial charge in [0.2, 0.25) is 0 Å². The summed E-state index contributed by atoms with van der Waals surface area (Å²) < 4.78 is 78.3. The number of rotatable bonds is 2. The molecule has 0 aromatic heterocycles. The minimum Gasteiger partial charge on any atom is -0.359 e. The lowest BCUT2D eigenvalue weighted by Crippen LogP contribution is -2.44. The standard InChI is InChI=1S/C14H11F6N5O/c15-13(16,17)8-5-7(12-21-6-11(26)22-23-12)1-2-9(8)25-4-3-10(24-25)14(18,19)20/h1-5,10,24H,6H2,(H,21,23)(H,22,26). The van der Waals surface area contributed by atoms with E-state index in [0.717, 1.165) is 24.4 Å². The lowest BCUT2D eigenvalue weighted by Gasteiger charge is -2.25. The van der Waals surface area contributed by atoms with E-state index in [2.05, 4.69) is 15.8 Å². The second-order valence-electron chi connectivity index (χ2n) is 5.44. The van der Waals surface area contributed by atoms with Crippen LogP contribution in [0.1, 0.15) is 11.1 Å². The number of hydrazone groups is 1. The fourth-order valence-corrected chi connectivity index (χ4v) is 2.39. The molecule has 0 spiro atoms. The van der Waals surface area contributed by atoms with E-state index < -0.39 is 35.6 Å². The summed E-state index contributed by atoms with van der Waals surface area (Å²) in [7, 11) is 0. The summed E-state index contributed by atoms with van der Waals surface area (Å²) in [4.78, 5) is 11.0. The van der Waals surface area contributed by atoms with E-state index in [1.807, 2.05) is 5.43 Å². The molecule has 1 atom stereocenters. The van der Waals surface area contributed by atoms with Crippen molar-refractivity contribution in [2.45, 2.75) is 18.4 Å². The van der Waals surface area contributed by atoms with Crippen LogP contribution in [0, 0.1) is 0 Å².